The number of phenols is 1. The van der Waals surface area contributed by atoms with Crippen molar-refractivity contribution in [3.05, 3.63) is 29.8 Å². The Labute approximate surface area is 380 Å². The van der Waals surface area contributed by atoms with Gasteiger partial charge in [0.1, 0.15) is 42.0 Å². The van der Waals surface area contributed by atoms with E-state index in [1.807, 2.05) is 0 Å². The zero-order valence-corrected chi connectivity index (χ0v) is 37.6. The fraction of sp³-hybridized carbons (Fsp3) is 0.564. The van der Waals surface area contributed by atoms with E-state index in [0.29, 0.717) is 5.56 Å². The highest BCUT2D eigenvalue weighted by Gasteiger charge is 2.36. The maximum absolute atomic E-state index is 14.0. The van der Waals surface area contributed by atoms with Crippen molar-refractivity contribution in [3.63, 3.8) is 0 Å². The van der Waals surface area contributed by atoms with Gasteiger partial charge in [0.15, 0.2) is 9.84 Å². The Kier molecular flexibility index (Phi) is 21.9. The molecule has 26 nitrogen and oxygen atoms in total. The zero-order valence-electron chi connectivity index (χ0n) is 36.8. The van der Waals surface area contributed by atoms with E-state index in [1.54, 1.807) is 13.8 Å². The molecule has 0 spiro atoms. The molecule has 366 valence electrons. The average Bonchev–Trinajstić information content (AvgIpc) is 3.24. The number of phenolic OH excluding ortho intramolecular Hbond substituents is 1. The monoisotopic (exact) mass is 952 g/mol. The molecule has 27 heteroatoms. The summed E-state index contributed by atoms with van der Waals surface area (Å²) in [6, 6.07) is -3.99. The lowest BCUT2D eigenvalue weighted by molar-refractivity contribution is -0.140. The van der Waals surface area contributed by atoms with Gasteiger partial charge in [0.05, 0.1) is 31.0 Å². The Morgan fingerprint density at radius 3 is 2.00 bits per heavy atom. The van der Waals surface area contributed by atoms with Gasteiger partial charge in [0.2, 0.25) is 65.0 Å². The number of aromatic hydroxyl groups is 1. The molecule has 1 aromatic rings. The molecule has 11 amide bonds. The van der Waals surface area contributed by atoms with Crippen LogP contribution in [0.3, 0.4) is 0 Å². The molecule has 16 N–H and O–H groups in total. The van der Waals surface area contributed by atoms with Gasteiger partial charge in [-0.15, -0.1) is 0 Å². The third-order valence-corrected chi connectivity index (χ3v) is 11.9. The van der Waals surface area contributed by atoms with Gasteiger partial charge < -0.3 is 70.2 Å². The van der Waals surface area contributed by atoms with Crippen LogP contribution in [0.25, 0.3) is 0 Å². The van der Waals surface area contributed by atoms with Crippen LogP contribution in [-0.2, 0) is 69.0 Å². The SMILES string of the molecule is CC[C@H](C)[C@@H]1NC(=O)[C@H](Cc2ccc(O)cc2)NC(=O)CCS(=O)(=O)CC[C@@H](C(=O)N(C)CC(=O)N[C@@H](CN)C(=O)NCC(N)=O)NC(=O)[C@H](CC(N)=O)NC(=O)[C@H](CCC(N)=O)NC1=O. The average molecular weight is 953 g/mol. The van der Waals surface area contributed by atoms with E-state index in [-0.39, 0.29) is 18.6 Å². The van der Waals surface area contributed by atoms with E-state index in [9.17, 15) is 66.3 Å². The third kappa shape index (κ3) is 19.1. The topological polar surface area (TPSA) is 434 Å². The number of amides is 11. The van der Waals surface area contributed by atoms with Crippen LogP contribution < -0.4 is 60.2 Å². The number of nitrogens with one attached hydrogen (secondary N) is 7. The summed E-state index contributed by atoms with van der Waals surface area (Å²) in [4.78, 5) is 144. The summed E-state index contributed by atoms with van der Waals surface area (Å²) < 4.78 is 26.8. The molecule has 0 saturated carbocycles. The standard InChI is InChI=1S/C39H60N12O14S/c1-4-20(2)33-38(62)47-23(9-10-28(41)53)35(59)49-26(16-29(42)54)36(60)48-24(39(63)51(3)19-32(57)46-27(17-40)34(58)44-18-30(43)55)11-13-66(64,65)14-12-31(56)45-25(37(61)50-33)15-21-5-7-22(52)8-6-21/h5-8,20,23-27,33,52H,4,9-19,40H2,1-3H3,(H2,41,53)(H2,42,54)(H2,43,55)(H,44,58)(H,45,56)(H,46,57)(H,47,62)(H,48,60)(H,49,59)(H,50,61)/t20-,23-,24-,25-,26-,27-,33-/m0/s1. The van der Waals surface area contributed by atoms with Crippen molar-refractivity contribution in [1.29, 1.82) is 0 Å². The molecule has 1 saturated heterocycles. The van der Waals surface area contributed by atoms with Crippen LogP contribution in [0.1, 0.15) is 57.9 Å². The predicted molar refractivity (Wildman–Crippen MR) is 232 cm³/mol. The number of sulfone groups is 1. The number of hydrogen-bond acceptors (Lipinski definition) is 15. The van der Waals surface area contributed by atoms with Crippen molar-refractivity contribution >= 4 is 74.8 Å². The minimum Gasteiger partial charge on any atom is -0.508 e. The lowest BCUT2D eigenvalue weighted by atomic mass is 9.96. The lowest BCUT2D eigenvalue weighted by Crippen LogP contribution is -2.61. The van der Waals surface area contributed by atoms with Crippen LogP contribution in [0.15, 0.2) is 24.3 Å². The van der Waals surface area contributed by atoms with Crippen LogP contribution in [-0.4, -0.2) is 158 Å². The first-order valence-electron chi connectivity index (χ1n) is 20.7. The van der Waals surface area contributed by atoms with Gasteiger partial charge in [-0.05, 0) is 36.5 Å². The number of likely N-dealkylation sites (N-methyl/N-ethyl adjacent to an activating group) is 1. The number of nitrogens with zero attached hydrogens (tertiary/aromatic N) is 1. The molecule has 1 heterocycles. The molecule has 0 aliphatic carbocycles. The highest BCUT2D eigenvalue weighted by atomic mass is 32.2. The van der Waals surface area contributed by atoms with E-state index in [4.69, 9.17) is 22.9 Å². The van der Waals surface area contributed by atoms with E-state index in [1.165, 1.54) is 24.3 Å². The molecule has 1 aromatic carbocycles. The van der Waals surface area contributed by atoms with Crippen molar-refractivity contribution in [2.75, 3.05) is 38.2 Å². The maximum Gasteiger partial charge on any atom is 0.245 e. The Morgan fingerprint density at radius 2 is 1.42 bits per heavy atom. The summed E-state index contributed by atoms with van der Waals surface area (Å²) in [5, 5.41) is 26.2. The number of primary amides is 3. The number of benzene rings is 1. The highest BCUT2D eigenvalue weighted by Crippen LogP contribution is 2.15. The summed E-state index contributed by atoms with van der Waals surface area (Å²) in [5.41, 5.74) is 21.8. The molecule has 0 bridgehead atoms. The van der Waals surface area contributed by atoms with E-state index in [2.05, 4.69) is 37.2 Å². The first-order chi connectivity index (χ1) is 30.9. The van der Waals surface area contributed by atoms with E-state index < -0.39 is 180 Å². The molecule has 66 heavy (non-hydrogen) atoms. The Balaban J connectivity index is 2.63. The summed E-state index contributed by atoms with van der Waals surface area (Å²) in [6.07, 6.45) is -3.18. The predicted octanol–water partition coefficient (Wildman–Crippen LogP) is -6.74. The molecule has 1 aliphatic rings. The van der Waals surface area contributed by atoms with Crippen molar-refractivity contribution in [3.8, 4) is 5.75 Å². The van der Waals surface area contributed by atoms with Crippen molar-refractivity contribution in [1.82, 2.24) is 42.1 Å². The van der Waals surface area contributed by atoms with Gasteiger partial charge in [0, 0.05) is 32.9 Å². The zero-order chi connectivity index (χ0) is 49.9. The summed E-state index contributed by atoms with van der Waals surface area (Å²) in [6.45, 7) is 1.46. The van der Waals surface area contributed by atoms with Gasteiger partial charge >= 0.3 is 0 Å². The quantitative estimate of drug-likeness (QED) is 0.0691. The fourth-order valence-electron chi connectivity index (χ4n) is 6.30. The maximum atomic E-state index is 14.0. The second-order valence-corrected chi connectivity index (χ2v) is 17.9. The normalized spacial score (nSPS) is 22.0. The molecule has 1 aliphatic heterocycles. The second-order valence-electron chi connectivity index (χ2n) is 15.6. The first kappa shape index (κ1) is 55.2. The van der Waals surface area contributed by atoms with E-state index >= 15 is 0 Å². The highest BCUT2D eigenvalue weighted by molar-refractivity contribution is 7.91. The second kappa shape index (κ2) is 26.2. The van der Waals surface area contributed by atoms with Gasteiger partial charge in [-0.1, -0.05) is 32.4 Å². The largest absolute Gasteiger partial charge is 0.508 e. The van der Waals surface area contributed by atoms with Crippen molar-refractivity contribution in [2.45, 2.75) is 95.0 Å². The molecular weight excluding hydrogens is 893 g/mol. The summed E-state index contributed by atoms with van der Waals surface area (Å²) >= 11 is 0. The molecular formula is C39H60N12O14S. The van der Waals surface area contributed by atoms with Gasteiger partial charge in [-0.25, -0.2) is 8.42 Å². The van der Waals surface area contributed by atoms with Crippen LogP contribution in [0, 0.1) is 5.92 Å². The number of nitrogens with two attached hydrogens (primary N) is 4. The minimum atomic E-state index is -4.28. The summed E-state index contributed by atoms with van der Waals surface area (Å²) in [5.74, 6) is -13.5. The van der Waals surface area contributed by atoms with Gasteiger partial charge in [-0.2, -0.15) is 0 Å². The molecule has 0 unspecified atom stereocenters. The molecule has 2 rings (SSSR count). The lowest BCUT2D eigenvalue weighted by Gasteiger charge is -2.29. The van der Waals surface area contributed by atoms with Crippen LogP contribution >= 0.6 is 0 Å². The fourth-order valence-corrected chi connectivity index (χ4v) is 7.60. The summed E-state index contributed by atoms with van der Waals surface area (Å²) in [7, 11) is -3.20. The van der Waals surface area contributed by atoms with Gasteiger partial charge in [-0.3, -0.25) is 52.7 Å². The Bertz CT molecular complexity index is 2090. The van der Waals surface area contributed by atoms with Crippen LogP contribution in [0.5, 0.6) is 5.75 Å². The number of carbonyl (C=O) groups is 11. The van der Waals surface area contributed by atoms with Crippen molar-refractivity contribution in [2.24, 2.45) is 28.9 Å². The number of hydrogen-bond donors (Lipinski definition) is 12. The molecule has 1 fully saturated rings. The van der Waals surface area contributed by atoms with Crippen molar-refractivity contribution < 1.29 is 66.3 Å². The molecule has 7 atom stereocenters. The third-order valence-electron chi connectivity index (χ3n) is 10.2. The van der Waals surface area contributed by atoms with Crippen LogP contribution in [0.4, 0.5) is 0 Å². The smallest absolute Gasteiger partial charge is 0.245 e. The van der Waals surface area contributed by atoms with Crippen LogP contribution in [0.2, 0.25) is 0 Å². The van der Waals surface area contributed by atoms with E-state index in [0.717, 1.165) is 11.9 Å². The minimum absolute atomic E-state index is 0.0972. The Morgan fingerprint density at radius 1 is 0.818 bits per heavy atom. The molecule has 0 aromatic heterocycles. The van der Waals surface area contributed by atoms with Gasteiger partial charge in [0.25, 0.3) is 0 Å². The number of rotatable bonds is 17. The first-order valence-corrected chi connectivity index (χ1v) is 22.5. The number of carbonyl (C=O) groups excluding carboxylic acids is 11. The molecule has 0 radical (unpaired) electrons. The Hall–Kier alpha value is -6.90.